The van der Waals surface area contributed by atoms with Crippen LogP contribution >= 0.6 is 0 Å². The van der Waals surface area contributed by atoms with Gasteiger partial charge in [0.05, 0.1) is 17.1 Å². The number of benzene rings is 1. The lowest BCUT2D eigenvalue weighted by Gasteiger charge is -2.04. The van der Waals surface area contributed by atoms with Gasteiger partial charge in [0.25, 0.3) is 5.69 Å². The first-order valence-electron chi connectivity index (χ1n) is 4.76. The highest BCUT2D eigenvalue weighted by Gasteiger charge is 2.17. The van der Waals surface area contributed by atoms with Crippen LogP contribution < -0.4 is 5.32 Å². The fourth-order valence-corrected chi connectivity index (χ4v) is 1.21. The van der Waals surface area contributed by atoms with Crippen LogP contribution in [-0.4, -0.2) is 23.9 Å². The van der Waals surface area contributed by atoms with Crippen molar-refractivity contribution in [3.8, 4) is 0 Å². The number of hydrogen-bond acceptors (Lipinski definition) is 5. The van der Waals surface area contributed by atoms with Gasteiger partial charge in [-0.1, -0.05) is 0 Å². The Kier molecular flexibility index (Phi) is 4.15. The summed E-state index contributed by atoms with van der Waals surface area (Å²) in [4.78, 5) is 31.6. The molecule has 7 heteroatoms. The summed E-state index contributed by atoms with van der Waals surface area (Å²) in [5.74, 6) is -0.645. The highest BCUT2D eigenvalue weighted by Crippen LogP contribution is 2.25. The third kappa shape index (κ3) is 3.00. The van der Waals surface area contributed by atoms with Crippen LogP contribution in [0.15, 0.2) is 18.2 Å². The average Bonchev–Trinajstić information content (AvgIpc) is 2.30. The summed E-state index contributed by atoms with van der Waals surface area (Å²) in [6.07, 6.45) is 0.326. The van der Waals surface area contributed by atoms with Crippen molar-refractivity contribution in [2.24, 2.45) is 0 Å². The van der Waals surface area contributed by atoms with Crippen molar-refractivity contribution in [2.75, 3.05) is 11.9 Å². The minimum Gasteiger partial charge on any atom is -0.462 e. The highest BCUT2D eigenvalue weighted by atomic mass is 16.6. The number of anilines is 1. The van der Waals surface area contributed by atoms with E-state index in [-0.39, 0.29) is 23.5 Å². The first-order valence-corrected chi connectivity index (χ1v) is 4.76. The standard InChI is InChI=1S/C10H10N2O5/c1-2-17-10(14)7-3-4-8(11-6-13)9(5-7)12(15)16/h3-6H,2H2,1H3,(H,11,13). The number of hydrogen-bond donors (Lipinski definition) is 1. The van der Waals surface area contributed by atoms with E-state index < -0.39 is 10.9 Å². The average molecular weight is 238 g/mol. The van der Waals surface area contributed by atoms with Gasteiger partial charge in [0, 0.05) is 6.07 Å². The fraction of sp³-hybridized carbons (Fsp3) is 0.200. The summed E-state index contributed by atoms with van der Waals surface area (Å²) in [6.45, 7) is 1.82. The van der Waals surface area contributed by atoms with E-state index in [2.05, 4.69) is 5.32 Å². The van der Waals surface area contributed by atoms with Gasteiger partial charge >= 0.3 is 5.97 Å². The van der Waals surface area contributed by atoms with Gasteiger partial charge in [0.15, 0.2) is 0 Å². The molecule has 1 rings (SSSR count). The van der Waals surface area contributed by atoms with Crippen LogP contribution in [-0.2, 0) is 9.53 Å². The zero-order chi connectivity index (χ0) is 12.8. The molecule has 0 heterocycles. The number of ether oxygens (including phenoxy) is 1. The van der Waals surface area contributed by atoms with Crippen molar-refractivity contribution in [1.29, 1.82) is 0 Å². The SMILES string of the molecule is CCOC(=O)c1ccc(NC=O)c([N+](=O)[O-])c1. The molecule has 17 heavy (non-hydrogen) atoms. The van der Waals surface area contributed by atoms with Crippen molar-refractivity contribution >= 4 is 23.8 Å². The minimum atomic E-state index is -0.686. The van der Waals surface area contributed by atoms with Gasteiger partial charge in [0.1, 0.15) is 5.69 Å². The quantitative estimate of drug-likeness (QED) is 0.361. The van der Waals surface area contributed by atoms with Crippen LogP contribution in [0.2, 0.25) is 0 Å². The number of nitrogens with one attached hydrogen (secondary N) is 1. The second-order valence-corrected chi connectivity index (χ2v) is 2.97. The number of nitro groups is 1. The molecule has 0 aliphatic carbocycles. The Morgan fingerprint density at radius 1 is 1.59 bits per heavy atom. The van der Waals surface area contributed by atoms with Gasteiger partial charge in [-0.3, -0.25) is 14.9 Å². The Labute approximate surface area is 96.5 Å². The summed E-state index contributed by atoms with van der Waals surface area (Å²) in [6, 6.07) is 3.68. The van der Waals surface area contributed by atoms with Crippen LogP contribution in [0, 0.1) is 10.1 Å². The van der Waals surface area contributed by atoms with E-state index in [0.29, 0.717) is 6.41 Å². The molecule has 0 fully saturated rings. The Morgan fingerprint density at radius 2 is 2.29 bits per heavy atom. The number of amides is 1. The Hall–Kier alpha value is -2.44. The Bertz CT molecular complexity index is 458. The Morgan fingerprint density at radius 3 is 2.82 bits per heavy atom. The van der Waals surface area contributed by atoms with Crippen LogP contribution in [0.3, 0.4) is 0 Å². The molecule has 0 spiro atoms. The number of carbonyl (C=O) groups excluding carboxylic acids is 2. The third-order valence-corrected chi connectivity index (χ3v) is 1.92. The molecule has 1 amide bonds. The van der Waals surface area contributed by atoms with Crippen molar-refractivity contribution in [3.63, 3.8) is 0 Å². The number of rotatable bonds is 5. The van der Waals surface area contributed by atoms with Gasteiger partial charge in [-0.25, -0.2) is 4.79 Å². The molecular formula is C10H10N2O5. The Balaban J connectivity index is 3.13. The molecule has 0 radical (unpaired) electrons. The molecule has 0 bridgehead atoms. The summed E-state index contributed by atoms with van der Waals surface area (Å²) in [7, 11) is 0. The number of esters is 1. The van der Waals surface area contributed by atoms with E-state index in [1.807, 2.05) is 0 Å². The zero-order valence-electron chi connectivity index (χ0n) is 9.00. The summed E-state index contributed by atoms with van der Waals surface area (Å²) in [5.41, 5.74) is -0.268. The maximum absolute atomic E-state index is 11.4. The van der Waals surface area contributed by atoms with Crippen LogP contribution in [0.25, 0.3) is 0 Å². The van der Waals surface area contributed by atoms with Crippen molar-refractivity contribution in [1.82, 2.24) is 0 Å². The molecule has 0 aliphatic heterocycles. The largest absolute Gasteiger partial charge is 0.462 e. The van der Waals surface area contributed by atoms with E-state index in [0.717, 1.165) is 6.07 Å². The van der Waals surface area contributed by atoms with Crippen LogP contribution in [0.1, 0.15) is 17.3 Å². The predicted molar refractivity (Wildman–Crippen MR) is 58.7 cm³/mol. The molecule has 1 aromatic rings. The molecule has 0 saturated heterocycles. The number of nitrogens with zero attached hydrogens (tertiary/aromatic N) is 1. The lowest BCUT2D eigenvalue weighted by atomic mass is 10.1. The second-order valence-electron chi connectivity index (χ2n) is 2.97. The van der Waals surface area contributed by atoms with Gasteiger partial charge in [-0.2, -0.15) is 0 Å². The van der Waals surface area contributed by atoms with E-state index in [9.17, 15) is 19.7 Å². The molecule has 1 aromatic carbocycles. The van der Waals surface area contributed by atoms with E-state index in [4.69, 9.17) is 4.74 Å². The first-order chi connectivity index (χ1) is 8.10. The number of carbonyl (C=O) groups is 2. The zero-order valence-corrected chi connectivity index (χ0v) is 9.00. The van der Waals surface area contributed by atoms with E-state index in [1.54, 1.807) is 6.92 Å². The van der Waals surface area contributed by atoms with Crippen molar-refractivity contribution in [2.45, 2.75) is 6.92 Å². The van der Waals surface area contributed by atoms with E-state index >= 15 is 0 Å². The normalized spacial score (nSPS) is 9.47. The van der Waals surface area contributed by atoms with Crippen LogP contribution in [0.5, 0.6) is 0 Å². The van der Waals surface area contributed by atoms with Gasteiger partial charge < -0.3 is 10.1 Å². The van der Waals surface area contributed by atoms with Gasteiger partial charge in [-0.05, 0) is 19.1 Å². The summed E-state index contributed by atoms with van der Waals surface area (Å²) in [5, 5.41) is 12.9. The lowest BCUT2D eigenvalue weighted by Crippen LogP contribution is -2.06. The smallest absolute Gasteiger partial charge is 0.338 e. The van der Waals surface area contributed by atoms with Crippen molar-refractivity contribution < 1.29 is 19.2 Å². The molecule has 7 nitrogen and oxygen atoms in total. The number of nitro benzene ring substituents is 1. The third-order valence-electron chi connectivity index (χ3n) is 1.92. The molecule has 0 unspecified atom stereocenters. The minimum absolute atomic E-state index is 0.0260. The van der Waals surface area contributed by atoms with Gasteiger partial charge in [-0.15, -0.1) is 0 Å². The van der Waals surface area contributed by atoms with Crippen LogP contribution in [0.4, 0.5) is 11.4 Å². The maximum Gasteiger partial charge on any atom is 0.338 e. The second kappa shape index (κ2) is 5.59. The molecular weight excluding hydrogens is 228 g/mol. The molecule has 90 valence electrons. The topological polar surface area (TPSA) is 98.5 Å². The fourth-order valence-electron chi connectivity index (χ4n) is 1.21. The summed E-state index contributed by atoms with van der Waals surface area (Å²) < 4.78 is 4.71. The molecule has 1 N–H and O–H groups in total. The summed E-state index contributed by atoms with van der Waals surface area (Å²) >= 11 is 0. The lowest BCUT2D eigenvalue weighted by molar-refractivity contribution is -0.384. The monoisotopic (exact) mass is 238 g/mol. The molecule has 0 aromatic heterocycles. The highest BCUT2D eigenvalue weighted by molar-refractivity contribution is 5.92. The molecule has 0 aliphatic rings. The van der Waals surface area contributed by atoms with E-state index in [1.165, 1.54) is 12.1 Å². The molecule has 0 saturated carbocycles. The predicted octanol–water partition coefficient (Wildman–Crippen LogP) is 1.34. The van der Waals surface area contributed by atoms with Crippen molar-refractivity contribution in [3.05, 3.63) is 33.9 Å². The van der Waals surface area contributed by atoms with Gasteiger partial charge in [0.2, 0.25) is 6.41 Å². The first kappa shape index (κ1) is 12.6. The molecule has 0 atom stereocenters. The maximum atomic E-state index is 11.4.